The average molecular weight is 248 g/mol. The van der Waals surface area contributed by atoms with E-state index in [9.17, 15) is 0 Å². The molecule has 100 valence electrons. The van der Waals surface area contributed by atoms with E-state index >= 15 is 0 Å². The van der Waals surface area contributed by atoms with E-state index in [2.05, 4.69) is 47.5 Å². The zero-order valence-corrected chi connectivity index (χ0v) is 11.3. The standard InChI is InChI=1S/C15H24N2O/c1-14(15-5-3-2-4-6-15)13-16-7-8-17-9-11-18-12-10-17/h2-6,14,16H,7-13H2,1H3/t14-/m1/s1. The molecule has 2 rings (SSSR count). The Labute approximate surface area is 110 Å². The van der Waals surface area contributed by atoms with Crippen molar-refractivity contribution in [2.24, 2.45) is 0 Å². The van der Waals surface area contributed by atoms with Crippen LogP contribution in [0.1, 0.15) is 18.4 Å². The van der Waals surface area contributed by atoms with Crippen molar-refractivity contribution in [3.63, 3.8) is 0 Å². The third-order valence-electron chi connectivity index (χ3n) is 3.53. The predicted octanol–water partition coefficient (Wildman–Crippen LogP) is 1.71. The second-order valence-corrected chi connectivity index (χ2v) is 4.97. The summed E-state index contributed by atoms with van der Waals surface area (Å²) in [6.07, 6.45) is 0. The summed E-state index contributed by atoms with van der Waals surface area (Å²) in [7, 11) is 0. The van der Waals surface area contributed by atoms with Gasteiger partial charge in [-0.2, -0.15) is 0 Å². The van der Waals surface area contributed by atoms with Crippen molar-refractivity contribution in [3.05, 3.63) is 35.9 Å². The van der Waals surface area contributed by atoms with Gasteiger partial charge in [0.25, 0.3) is 0 Å². The molecule has 0 saturated carbocycles. The Hall–Kier alpha value is -0.900. The zero-order chi connectivity index (χ0) is 12.6. The number of nitrogens with zero attached hydrogens (tertiary/aromatic N) is 1. The fraction of sp³-hybridized carbons (Fsp3) is 0.600. The molecule has 1 fully saturated rings. The van der Waals surface area contributed by atoms with Crippen LogP contribution >= 0.6 is 0 Å². The molecule has 1 aliphatic rings. The van der Waals surface area contributed by atoms with Gasteiger partial charge in [-0.15, -0.1) is 0 Å². The third-order valence-corrected chi connectivity index (χ3v) is 3.53. The average Bonchev–Trinajstić information content (AvgIpc) is 2.45. The lowest BCUT2D eigenvalue weighted by Gasteiger charge is -2.26. The summed E-state index contributed by atoms with van der Waals surface area (Å²) < 4.78 is 5.34. The van der Waals surface area contributed by atoms with Gasteiger partial charge in [0.05, 0.1) is 13.2 Å². The van der Waals surface area contributed by atoms with Gasteiger partial charge < -0.3 is 10.1 Å². The van der Waals surface area contributed by atoms with Crippen LogP contribution in [0, 0.1) is 0 Å². The Morgan fingerprint density at radius 1 is 1.22 bits per heavy atom. The number of hydrogen-bond donors (Lipinski definition) is 1. The highest BCUT2D eigenvalue weighted by molar-refractivity contribution is 5.18. The van der Waals surface area contributed by atoms with Crippen LogP contribution < -0.4 is 5.32 Å². The number of hydrogen-bond acceptors (Lipinski definition) is 3. The summed E-state index contributed by atoms with van der Waals surface area (Å²) in [5.74, 6) is 0.580. The molecule has 1 saturated heterocycles. The van der Waals surface area contributed by atoms with Crippen LogP contribution in [-0.4, -0.2) is 50.8 Å². The highest BCUT2D eigenvalue weighted by atomic mass is 16.5. The Morgan fingerprint density at radius 2 is 1.94 bits per heavy atom. The maximum atomic E-state index is 5.34. The largest absolute Gasteiger partial charge is 0.379 e. The first-order valence-corrected chi connectivity index (χ1v) is 6.92. The maximum Gasteiger partial charge on any atom is 0.0594 e. The lowest BCUT2D eigenvalue weighted by atomic mass is 10.0. The highest BCUT2D eigenvalue weighted by Gasteiger charge is 2.09. The highest BCUT2D eigenvalue weighted by Crippen LogP contribution is 2.12. The van der Waals surface area contributed by atoms with Crippen LogP contribution in [0.15, 0.2) is 30.3 Å². The van der Waals surface area contributed by atoms with Crippen LogP contribution in [0.2, 0.25) is 0 Å². The molecule has 0 unspecified atom stereocenters. The second-order valence-electron chi connectivity index (χ2n) is 4.97. The molecular weight excluding hydrogens is 224 g/mol. The molecule has 0 amide bonds. The predicted molar refractivity (Wildman–Crippen MR) is 75.0 cm³/mol. The first-order chi connectivity index (χ1) is 8.86. The molecule has 3 heteroatoms. The fourth-order valence-corrected chi connectivity index (χ4v) is 2.28. The minimum absolute atomic E-state index is 0.580. The number of morpholine rings is 1. The van der Waals surface area contributed by atoms with Crippen LogP contribution in [0.3, 0.4) is 0 Å². The number of benzene rings is 1. The van der Waals surface area contributed by atoms with Gasteiger partial charge in [0.1, 0.15) is 0 Å². The van der Waals surface area contributed by atoms with E-state index in [-0.39, 0.29) is 0 Å². The summed E-state index contributed by atoms with van der Waals surface area (Å²) in [5, 5.41) is 3.55. The minimum Gasteiger partial charge on any atom is -0.379 e. The van der Waals surface area contributed by atoms with Crippen molar-refractivity contribution >= 4 is 0 Å². The SMILES string of the molecule is C[C@H](CNCCN1CCOCC1)c1ccccc1. The van der Waals surface area contributed by atoms with Crippen molar-refractivity contribution in [1.29, 1.82) is 0 Å². The van der Waals surface area contributed by atoms with Gasteiger partial charge in [-0.25, -0.2) is 0 Å². The van der Waals surface area contributed by atoms with E-state index in [1.807, 2.05) is 0 Å². The molecule has 0 aliphatic carbocycles. The molecule has 3 nitrogen and oxygen atoms in total. The molecule has 18 heavy (non-hydrogen) atoms. The van der Waals surface area contributed by atoms with E-state index in [0.29, 0.717) is 5.92 Å². The molecule has 0 bridgehead atoms. The minimum atomic E-state index is 0.580. The topological polar surface area (TPSA) is 24.5 Å². The molecule has 1 aromatic rings. The maximum absolute atomic E-state index is 5.34. The zero-order valence-electron chi connectivity index (χ0n) is 11.3. The van der Waals surface area contributed by atoms with Gasteiger partial charge in [-0.05, 0) is 11.5 Å². The van der Waals surface area contributed by atoms with E-state index in [1.54, 1.807) is 0 Å². The van der Waals surface area contributed by atoms with Crippen molar-refractivity contribution in [2.45, 2.75) is 12.8 Å². The Balaban J connectivity index is 1.60. The normalized spacial score (nSPS) is 18.7. The smallest absolute Gasteiger partial charge is 0.0594 e. The van der Waals surface area contributed by atoms with Crippen molar-refractivity contribution in [3.8, 4) is 0 Å². The Kier molecular flexibility index (Phi) is 5.65. The summed E-state index contributed by atoms with van der Waals surface area (Å²) in [6.45, 7) is 9.46. The number of rotatable bonds is 6. The Morgan fingerprint density at radius 3 is 2.67 bits per heavy atom. The third kappa shape index (κ3) is 4.41. The molecule has 1 N–H and O–H groups in total. The quantitative estimate of drug-likeness (QED) is 0.776. The van der Waals surface area contributed by atoms with Gasteiger partial charge >= 0.3 is 0 Å². The van der Waals surface area contributed by atoms with Crippen LogP contribution in [-0.2, 0) is 4.74 Å². The van der Waals surface area contributed by atoms with Gasteiger partial charge in [0, 0.05) is 32.7 Å². The molecule has 1 aliphatic heterocycles. The van der Waals surface area contributed by atoms with Gasteiger partial charge in [-0.1, -0.05) is 37.3 Å². The molecule has 0 aromatic heterocycles. The van der Waals surface area contributed by atoms with E-state index in [4.69, 9.17) is 4.74 Å². The molecule has 0 radical (unpaired) electrons. The monoisotopic (exact) mass is 248 g/mol. The number of nitrogens with one attached hydrogen (secondary N) is 1. The molecule has 1 aromatic carbocycles. The van der Waals surface area contributed by atoms with E-state index in [1.165, 1.54) is 5.56 Å². The van der Waals surface area contributed by atoms with Gasteiger partial charge in [0.15, 0.2) is 0 Å². The van der Waals surface area contributed by atoms with Gasteiger partial charge in [0.2, 0.25) is 0 Å². The molecular formula is C15H24N2O. The molecule has 1 heterocycles. The summed E-state index contributed by atoms with van der Waals surface area (Å²) in [6, 6.07) is 10.7. The summed E-state index contributed by atoms with van der Waals surface area (Å²) in [4.78, 5) is 2.46. The Bertz CT molecular complexity index is 323. The van der Waals surface area contributed by atoms with Crippen LogP contribution in [0.5, 0.6) is 0 Å². The van der Waals surface area contributed by atoms with Gasteiger partial charge in [-0.3, -0.25) is 4.90 Å². The fourth-order valence-electron chi connectivity index (χ4n) is 2.28. The second kappa shape index (κ2) is 7.52. The lowest BCUT2D eigenvalue weighted by molar-refractivity contribution is 0.0384. The number of ether oxygens (including phenoxy) is 1. The van der Waals surface area contributed by atoms with Crippen molar-refractivity contribution in [2.75, 3.05) is 45.9 Å². The van der Waals surface area contributed by atoms with Crippen LogP contribution in [0.25, 0.3) is 0 Å². The molecule has 0 spiro atoms. The first kappa shape index (κ1) is 13.5. The first-order valence-electron chi connectivity index (χ1n) is 6.92. The summed E-state index contributed by atoms with van der Waals surface area (Å²) >= 11 is 0. The van der Waals surface area contributed by atoms with Crippen LogP contribution in [0.4, 0.5) is 0 Å². The van der Waals surface area contributed by atoms with Crippen molar-refractivity contribution < 1.29 is 4.74 Å². The summed E-state index contributed by atoms with van der Waals surface area (Å²) in [5.41, 5.74) is 1.41. The molecule has 1 atom stereocenters. The van der Waals surface area contributed by atoms with E-state index in [0.717, 1.165) is 45.9 Å². The lowest BCUT2D eigenvalue weighted by Crippen LogP contribution is -2.40. The van der Waals surface area contributed by atoms with E-state index < -0.39 is 0 Å². The van der Waals surface area contributed by atoms with Crippen molar-refractivity contribution in [1.82, 2.24) is 10.2 Å².